The van der Waals surface area contributed by atoms with Gasteiger partial charge in [0.25, 0.3) is 0 Å². The zero-order valence-electron chi connectivity index (χ0n) is 31.9. The second kappa shape index (κ2) is 14.2. The van der Waals surface area contributed by atoms with Gasteiger partial charge in [-0.15, -0.1) is 0 Å². The summed E-state index contributed by atoms with van der Waals surface area (Å²) in [6.45, 7) is 0. The summed E-state index contributed by atoms with van der Waals surface area (Å²) < 4.78 is 0. The first-order valence-electron chi connectivity index (χ1n) is 20.1. The molecule has 0 saturated heterocycles. The number of fused-ring (bicyclic) bond motifs is 4. The number of rotatable bonds is 6. The first-order valence-corrected chi connectivity index (χ1v) is 20.1. The Hall–Kier alpha value is -7.54. The van der Waals surface area contributed by atoms with Crippen LogP contribution in [0.4, 0.5) is 0 Å². The molecule has 11 aromatic rings. The molecule has 0 N–H and O–H groups in total. The van der Waals surface area contributed by atoms with Gasteiger partial charge in [-0.25, -0.2) is 0 Å². The molecule has 0 spiro atoms. The zero-order chi connectivity index (χ0) is 38.4. The van der Waals surface area contributed by atoms with E-state index in [0.29, 0.717) is 0 Å². The van der Waals surface area contributed by atoms with Crippen molar-refractivity contribution >= 4 is 43.1 Å². The number of benzene rings is 11. The predicted molar refractivity (Wildman–Crippen MR) is 249 cm³/mol. The minimum atomic E-state index is 1.21. The highest BCUT2D eigenvalue weighted by Crippen LogP contribution is 2.49. The van der Waals surface area contributed by atoms with E-state index in [1.165, 1.54) is 110 Å². The third kappa shape index (κ3) is 5.53. The third-order valence-electron chi connectivity index (χ3n) is 11.9. The minimum Gasteiger partial charge on any atom is -0.0622 e. The molecular weight excluding hydrogens is 697 g/mol. The second-order valence-corrected chi connectivity index (χ2v) is 15.1. The van der Waals surface area contributed by atoms with E-state index in [4.69, 9.17) is 0 Å². The Bertz CT molecular complexity index is 2980. The molecule has 0 atom stereocenters. The molecule has 0 aromatic heterocycles. The van der Waals surface area contributed by atoms with Crippen molar-refractivity contribution < 1.29 is 0 Å². The Morgan fingerprint density at radius 1 is 0.155 bits per heavy atom. The van der Waals surface area contributed by atoms with Crippen LogP contribution in [0.2, 0.25) is 0 Å². The first-order chi connectivity index (χ1) is 28.8. The lowest BCUT2D eigenvalue weighted by molar-refractivity contribution is 1.60. The fourth-order valence-corrected chi connectivity index (χ4v) is 9.43. The topological polar surface area (TPSA) is 0 Å². The van der Waals surface area contributed by atoms with Crippen LogP contribution in [0.5, 0.6) is 0 Å². The lowest BCUT2D eigenvalue weighted by atomic mass is 9.82. The van der Waals surface area contributed by atoms with Crippen molar-refractivity contribution in [3.63, 3.8) is 0 Å². The summed E-state index contributed by atoms with van der Waals surface area (Å²) in [5.74, 6) is 0. The van der Waals surface area contributed by atoms with Gasteiger partial charge in [-0.3, -0.25) is 0 Å². The highest BCUT2D eigenvalue weighted by Gasteiger charge is 2.21. The molecular formula is C58H38. The molecule has 0 amide bonds. The summed E-state index contributed by atoms with van der Waals surface area (Å²) in [7, 11) is 0. The van der Waals surface area contributed by atoms with Crippen LogP contribution < -0.4 is 0 Å². The molecule has 0 nitrogen and oxygen atoms in total. The van der Waals surface area contributed by atoms with E-state index in [1.54, 1.807) is 0 Å². The van der Waals surface area contributed by atoms with E-state index < -0.39 is 0 Å². The van der Waals surface area contributed by atoms with Crippen molar-refractivity contribution in [1.29, 1.82) is 0 Å². The highest BCUT2D eigenvalue weighted by molar-refractivity contribution is 6.24. The van der Waals surface area contributed by atoms with Crippen LogP contribution in [0.15, 0.2) is 231 Å². The summed E-state index contributed by atoms with van der Waals surface area (Å²) in [6.07, 6.45) is 0. The Balaban J connectivity index is 1.17. The molecule has 0 heteroatoms. The molecule has 270 valence electrons. The van der Waals surface area contributed by atoms with Gasteiger partial charge in [-0.2, -0.15) is 0 Å². The molecule has 0 aliphatic rings. The fourth-order valence-electron chi connectivity index (χ4n) is 9.43. The third-order valence-corrected chi connectivity index (χ3v) is 11.9. The maximum absolute atomic E-state index is 2.43. The molecule has 58 heavy (non-hydrogen) atoms. The summed E-state index contributed by atoms with van der Waals surface area (Å²) in [5, 5.41) is 10.0. The summed E-state index contributed by atoms with van der Waals surface area (Å²) in [5.41, 5.74) is 14.9. The first kappa shape index (κ1) is 33.8. The van der Waals surface area contributed by atoms with Gasteiger partial charge >= 0.3 is 0 Å². The van der Waals surface area contributed by atoms with Crippen LogP contribution in [0.25, 0.3) is 110 Å². The van der Waals surface area contributed by atoms with E-state index in [-0.39, 0.29) is 0 Å². The standard InChI is InChI=1S/C58H38/c1-3-20-39(21-4-1)43-26-7-9-28-45(43)57-51-34-15-11-30-47(51)55(48-31-12-16-35-52(48)57)41-24-19-25-42(38-41)56-49-32-13-17-36-53(49)58(54-37-18-14-33-50(54)56)46-29-10-8-27-44(46)40-22-5-2-6-23-40/h1-38H. The SMILES string of the molecule is c1ccc(-c2ccccc2-c2c3ccccc3c(-c3cccc(-c4c5ccccc5c(-c5ccccc5-c5ccccc5)c5ccccc45)c3)c3ccccc23)cc1. The van der Waals surface area contributed by atoms with Crippen molar-refractivity contribution in [1.82, 2.24) is 0 Å². The zero-order valence-corrected chi connectivity index (χ0v) is 31.9. The summed E-state index contributed by atoms with van der Waals surface area (Å²) >= 11 is 0. The predicted octanol–water partition coefficient (Wildman–Crippen LogP) is 16.3. The molecule has 11 rings (SSSR count). The Morgan fingerprint density at radius 3 is 0.724 bits per heavy atom. The lowest BCUT2D eigenvalue weighted by Crippen LogP contribution is -1.94. The molecule has 0 fully saturated rings. The molecule has 11 aromatic carbocycles. The highest BCUT2D eigenvalue weighted by atomic mass is 14.2. The lowest BCUT2D eigenvalue weighted by Gasteiger charge is -2.21. The fraction of sp³-hybridized carbons (Fsp3) is 0. The smallest absolute Gasteiger partial charge is 0.00201 e. The van der Waals surface area contributed by atoms with E-state index in [9.17, 15) is 0 Å². The van der Waals surface area contributed by atoms with Gasteiger partial charge in [0, 0.05) is 0 Å². The van der Waals surface area contributed by atoms with Crippen molar-refractivity contribution in [2.24, 2.45) is 0 Å². The average Bonchev–Trinajstić information content (AvgIpc) is 3.30. The van der Waals surface area contributed by atoms with Crippen LogP contribution >= 0.6 is 0 Å². The molecule has 0 unspecified atom stereocenters. The molecule has 0 bridgehead atoms. The monoisotopic (exact) mass is 734 g/mol. The summed E-state index contributed by atoms with van der Waals surface area (Å²) in [6, 6.07) is 84.4. The number of hydrogen-bond acceptors (Lipinski definition) is 0. The van der Waals surface area contributed by atoms with Gasteiger partial charge < -0.3 is 0 Å². The van der Waals surface area contributed by atoms with Crippen LogP contribution in [0.3, 0.4) is 0 Å². The van der Waals surface area contributed by atoms with Gasteiger partial charge in [0.2, 0.25) is 0 Å². The minimum absolute atomic E-state index is 1.21. The van der Waals surface area contributed by atoms with Gasteiger partial charge in [0.1, 0.15) is 0 Å². The van der Waals surface area contributed by atoms with Crippen molar-refractivity contribution in [2.45, 2.75) is 0 Å². The van der Waals surface area contributed by atoms with Crippen molar-refractivity contribution in [3.05, 3.63) is 231 Å². The van der Waals surface area contributed by atoms with Crippen LogP contribution in [-0.4, -0.2) is 0 Å². The van der Waals surface area contributed by atoms with Crippen molar-refractivity contribution in [2.75, 3.05) is 0 Å². The normalized spacial score (nSPS) is 11.4. The summed E-state index contributed by atoms with van der Waals surface area (Å²) in [4.78, 5) is 0. The van der Waals surface area contributed by atoms with E-state index in [0.717, 1.165) is 0 Å². The quantitative estimate of drug-likeness (QED) is 0.149. The maximum atomic E-state index is 2.43. The van der Waals surface area contributed by atoms with E-state index in [2.05, 4.69) is 231 Å². The molecule has 0 aliphatic heterocycles. The molecule has 0 aliphatic carbocycles. The van der Waals surface area contributed by atoms with Crippen LogP contribution in [0.1, 0.15) is 0 Å². The maximum Gasteiger partial charge on any atom is -0.00201 e. The van der Waals surface area contributed by atoms with E-state index >= 15 is 0 Å². The Morgan fingerprint density at radius 2 is 0.397 bits per heavy atom. The number of hydrogen-bond donors (Lipinski definition) is 0. The van der Waals surface area contributed by atoms with Crippen molar-refractivity contribution in [3.8, 4) is 66.8 Å². The van der Waals surface area contributed by atoms with Gasteiger partial charge in [-0.1, -0.05) is 224 Å². The average molecular weight is 735 g/mol. The van der Waals surface area contributed by atoms with Crippen LogP contribution in [-0.2, 0) is 0 Å². The molecule has 0 saturated carbocycles. The van der Waals surface area contributed by atoms with Gasteiger partial charge in [-0.05, 0) is 116 Å². The second-order valence-electron chi connectivity index (χ2n) is 15.1. The molecule has 0 heterocycles. The van der Waals surface area contributed by atoms with Crippen LogP contribution in [0, 0.1) is 0 Å². The Labute approximate surface area is 339 Å². The van der Waals surface area contributed by atoms with E-state index in [1.807, 2.05) is 0 Å². The molecule has 0 radical (unpaired) electrons. The largest absolute Gasteiger partial charge is 0.0622 e. The van der Waals surface area contributed by atoms with Gasteiger partial charge in [0.05, 0.1) is 0 Å². The Kier molecular flexibility index (Phi) is 8.26. The van der Waals surface area contributed by atoms with Gasteiger partial charge in [0.15, 0.2) is 0 Å².